The van der Waals surface area contributed by atoms with Crippen molar-refractivity contribution in [2.24, 2.45) is 10.9 Å². The van der Waals surface area contributed by atoms with Crippen LogP contribution in [0.5, 0.6) is 0 Å². The van der Waals surface area contributed by atoms with Gasteiger partial charge in [0, 0.05) is 26.2 Å². The highest BCUT2D eigenvalue weighted by Crippen LogP contribution is 2.11. The zero-order valence-corrected chi connectivity index (χ0v) is 13.8. The van der Waals surface area contributed by atoms with Gasteiger partial charge in [0.25, 0.3) is 0 Å². The van der Waals surface area contributed by atoms with E-state index in [4.69, 9.17) is 0 Å². The Morgan fingerprint density at radius 1 is 1.27 bits per heavy atom. The summed E-state index contributed by atoms with van der Waals surface area (Å²) in [6.45, 7) is 10.0. The molecule has 0 spiro atoms. The molecule has 1 aromatic carbocycles. The van der Waals surface area contributed by atoms with Gasteiger partial charge in [0.15, 0.2) is 5.96 Å². The second-order valence-corrected chi connectivity index (χ2v) is 5.82. The van der Waals surface area contributed by atoms with Crippen LogP contribution in [0.4, 0.5) is 0 Å². The first kappa shape index (κ1) is 16.3. The number of hydrogen-bond acceptors (Lipinski definition) is 2. The fourth-order valence-electron chi connectivity index (χ4n) is 2.26. The number of imidazole rings is 1. The quantitative estimate of drug-likeness (QED) is 0.469. The summed E-state index contributed by atoms with van der Waals surface area (Å²) in [6, 6.07) is 8.24. The lowest BCUT2D eigenvalue weighted by molar-refractivity contribution is 0.628. The molecule has 5 heteroatoms. The number of para-hydroxylation sites is 2. The number of rotatable bonds is 7. The number of fused-ring (bicyclic) bond motifs is 1. The Labute approximate surface area is 132 Å². The van der Waals surface area contributed by atoms with E-state index < -0.39 is 0 Å². The van der Waals surface area contributed by atoms with Gasteiger partial charge < -0.3 is 15.2 Å². The van der Waals surface area contributed by atoms with Crippen molar-refractivity contribution in [2.45, 2.75) is 33.7 Å². The summed E-state index contributed by atoms with van der Waals surface area (Å²) in [5.74, 6) is 1.49. The molecule has 0 aliphatic carbocycles. The van der Waals surface area contributed by atoms with Crippen LogP contribution in [0.2, 0.25) is 0 Å². The highest BCUT2D eigenvalue weighted by Gasteiger charge is 2.02. The number of nitrogens with one attached hydrogen (secondary N) is 2. The van der Waals surface area contributed by atoms with Crippen molar-refractivity contribution in [1.29, 1.82) is 0 Å². The molecule has 0 radical (unpaired) electrons. The maximum atomic E-state index is 4.57. The predicted molar refractivity (Wildman–Crippen MR) is 93.2 cm³/mol. The van der Waals surface area contributed by atoms with Crippen molar-refractivity contribution in [1.82, 2.24) is 20.2 Å². The van der Waals surface area contributed by atoms with E-state index in [0.29, 0.717) is 5.92 Å². The first-order valence-electron chi connectivity index (χ1n) is 8.12. The van der Waals surface area contributed by atoms with Crippen LogP contribution in [0, 0.1) is 5.92 Å². The van der Waals surface area contributed by atoms with Crippen molar-refractivity contribution in [3.63, 3.8) is 0 Å². The third-order valence-corrected chi connectivity index (χ3v) is 3.35. The van der Waals surface area contributed by atoms with Crippen LogP contribution in [-0.4, -0.2) is 35.1 Å². The van der Waals surface area contributed by atoms with Gasteiger partial charge in [-0.25, -0.2) is 4.98 Å². The molecule has 0 aliphatic rings. The second kappa shape index (κ2) is 8.41. The first-order chi connectivity index (χ1) is 10.7. The van der Waals surface area contributed by atoms with E-state index in [1.165, 1.54) is 5.52 Å². The zero-order valence-electron chi connectivity index (χ0n) is 13.8. The van der Waals surface area contributed by atoms with Crippen LogP contribution in [-0.2, 0) is 6.54 Å². The largest absolute Gasteiger partial charge is 0.357 e. The normalized spacial score (nSPS) is 12.1. The molecule has 2 rings (SSSR count). The monoisotopic (exact) mass is 301 g/mol. The third kappa shape index (κ3) is 4.76. The van der Waals surface area contributed by atoms with Gasteiger partial charge >= 0.3 is 0 Å². The number of hydrogen-bond donors (Lipinski definition) is 2. The minimum Gasteiger partial charge on any atom is -0.357 e. The fraction of sp³-hybridized carbons (Fsp3) is 0.529. The van der Waals surface area contributed by atoms with Gasteiger partial charge in [0.05, 0.1) is 17.4 Å². The van der Waals surface area contributed by atoms with Crippen LogP contribution in [0.25, 0.3) is 11.0 Å². The lowest BCUT2D eigenvalue weighted by atomic mass is 10.2. The van der Waals surface area contributed by atoms with E-state index in [9.17, 15) is 0 Å². The Morgan fingerprint density at radius 2 is 2.09 bits per heavy atom. The van der Waals surface area contributed by atoms with Crippen molar-refractivity contribution < 1.29 is 0 Å². The minimum atomic E-state index is 0.577. The SMILES string of the molecule is CCNC(=NCC(C)C)NCCCn1cnc2ccccc21. The van der Waals surface area contributed by atoms with E-state index in [1.807, 2.05) is 18.5 Å². The first-order valence-corrected chi connectivity index (χ1v) is 8.12. The summed E-state index contributed by atoms with van der Waals surface area (Å²) in [5.41, 5.74) is 2.25. The Bertz CT molecular complexity index is 600. The van der Waals surface area contributed by atoms with Crippen molar-refractivity contribution >= 4 is 17.0 Å². The Kier molecular flexibility index (Phi) is 6.25. The lowest BCUT2D eigenvalue weighted by Gasteiger charge is -2.12. The summed E-state index contributed by atoms with van der Waals surface area (Å²) in [4.78, 5) is 8.99. The maximum Gasteiger partial charge on any atom is 0.191 e. The molecular weight excluding hydrogens is 274 g/mol. The number of aliphatic imine (C=N–C) groups is 1. The van der Waals surface area contributed by atoms with Crippen LogP contribution in [0.15, 0.2) is 35.6 Å². The molecule has 0 unspecified atom stereocenters. The molecule has 120 valence electrons. The molecule has 0 saturated heterocycles. The predicted octanol–water partition coefficient (Wildman–Crippen LogP) is 2.64. The molecule has 2 aromatic rings. The number of aromatic nitrogens is 2. The minimum absolute atomic E-state index is 0.577. The molecule has 0 saturated carbocycles. The van der Waals surface area contributed by atoms with Gasteiger partial charge in [-0.2, -0.15) is 0 Å². The number of benzene rings is 1. The molecule has 1 aromatic heterocycles. The van der Waals surface area contributed by atoms with Crippen LogP contribution < -0.4 is 10.6 Å². The van der Waals surface area contributed by atoms with E-state index in [-0.39, 0.29) is 0 Å². The standard InChI is InChI=1S/C17H27N5/c1-4-18-17(20-12-14(2)3)19-10-7-11-22-13-21-15-8-5-6-9-16(15)22/h5-6,8-9,13-14H,4,7,10-12H2,1-3H3,(H2,18,19,20). The molecule has 0 atom stereocenters. The molecule has 0 amide bonds. The average molecular weight is 301 g/mol. The summed E-state index contributed by atoms with van der Waals surface area (Å²) >= 11 is 0. The maximum absolute atomic E-state index is 4.57. The van der Waals surface area contributed by atoms with Crippen molar-refractivity contribution in [3.8, 4) is 0 Å². The molecule has 22 heavy (non-hydrogen) atoms. The summed E-state index contributed by atoms with van der Waals surface area (Å²) in [7, 11) is 0. The van der Waals surface area contributed by atoms with Crippen molar-refractivity contribution in [3.05, 3.63) is 30.6 Å². The van der Waals surface area contributed by atoms with Gasteiger partial charge in [0.2, 0.25) is 0 Å². The third-order valence-electron chi connectivity index (χ3n) is 3.35. The summed E-state index contributed by atoms with van der Waals surface area (Å²) < 4.78 is 2.20. The Balaban J connectivity index is 1.81. The zero-order chi connectivity index (χ0) is 15.8. The summed E-state index contributed by atoms with van der Waals surface area (Å²) in [6.07, 6.45) is 2.95. The molecule has 0 fully saturated rings. The van der Waals surface area contributed by atoms with E-state index in [1.54, 1.807) is 0 Å². The molecule has 2 N–H and O–H groups in total. The number of nitrogens with zero attached hydrogens (tertiary/aromatic N) is 3. The fourth-order valence-corrected chi connectivity index (χ4v) is 2.26. The van der Waals surface area contributed by atoms with Gasteiger partial charge in [-0.3, -0.25) is 4.99 Å². The van der Waals surface area contributed by atoms with Crippen LogP contribution in [0.1, 0.15) is 27.2 Å². The average Bonchev–Trinajstić information content (AvgIpc) is 2.92. The topological polar surface area (TPSA) is 54.2 Å². The molecule has 0 aliphatic heterocycles. The molecule has 1 heterocycles. The van der Waals surface area contributed by atoms with Gasteiger partial charge in [-0.05, 0) is 31.4 Å². The van der Waals surface area contributed by atoms with Gasteiger partial charge in [0.1, 0.15) is 0 Å². The van der Waals surface area contributed by atoms with Gasteiger partial charge in [-0.1, -0.05) is 26.0 Å². The van der Waals surface area contributed by atoms with E-state index >= 15 is 0 Å². The number of guanidine groups is 1. The summed E-state index contributed by atoms with van der Waals surface area (Å²) in [5, 5.41) is 6.67. The smallest absolute Gasteiger partial charge is 0.191 e. The van der Waals surface area contributed by atoms with Crippen LogP contribution in [0.3, 0.4) is 0 Å². The highest BCUT2D eigenvalue weighted by molar-refractivity contribution is 5.79. The van der Waals surface area contributed by atoms with E-state index in [2.05, 4.69) is 58.1 Å². The molecule has 0 bridgehead atoms. The van der Waals surface area contributed by atoms with Gasteiger partial charge in [-0.15, -0.1) is 0 Å². The Hall–Kier alpha value is -2.04. The lowest BCUT2D eigenvalue weighted by Crippen LogP contribution is -2.38. The van der Waals surface area contributed by atoms with Crippen molar-refractivity contribution in [2.75, 3.05) is 19.6 Å². The highest BCUT2D eigenvalue weighted by atomic mass is 15.2. The molecular formula is C17H27N5. The Morgan fingerprint density at radius 3 is 2.86 bits per heavy atom. The second-order valence-electron chi connectivity index (χ2n) is 5.82. The number of aryl methyl sites for hydroxylation is 1. The van der Waals surface area contributed by atoms with E-state index in [0.717, 1.165) is 44.1 Å². The van der Waals surface area contributed by atoms with Crippen LogP contribution >= 0.6 is 0 Å². The molecule has 5 nitrogen and oxygen atoms in total.